The van der Waals surface area contributed by atoms with E-state index in [0.29, 0.717) is 18.5 Å². The third-order valence-corrected chi connectivity index (χ3v) is 2.93. The summed E-state index contributed by atoms with van der Waals surface area (Å²) in [5.74, 6) is -1.03. The summed E-state index contributed by atoms with van der Waals surface area (Å²) < 4.78 is 1.54. The van der Waals surface area contributed by atoms with Crippen LogP contribution in [0.2, 0.25) is 0 Å². The van der Waals surface area contributed by atoms with Gasteiger partial charge in [-0.2, -0.15) is 5.10 Å². The van der Waals surface area contributed by atoms with Crippen molar-refractivity contribution in [3.63, 3.8) is 0 Å². The van der Waals surface area contributed by atoms with Crippen LogP contribution >= 0.6 is 0 Å². The molecule has 3 N–H and O–H groups in total. The molecule has 0 radical (unpaired) electrons. The van der Waals surface area contributed by atoms with E-state index in [-0.39, 0.29) is 0 Å². The molecule has 7 heteroatoms. The van der Waals surface area contributed by atoms with Gasteiger partial charge in [0, 0.05) is 13.2 Å². The molecule has 0 aromatic carbocycles. The number of nitrogens with one attached hydrogen (secondary N) is 2. The van der Waals surface area contributed by atoms with E-state index >= 15 is 0 Å². The number of carboxylic acid groups (broad SMARTS) is 1. The van der Waals surface area contributed by atoms with Gasteiger partial charge in [-0.3, -0.25) is 4.68 Å². The highest BCUT2D eigenvalue weighted by Gasteiger charge is 2.36. The predicted octanol–water partition coefficient (Wildman–Crippen LogP) is 1.18. The van der Waals surface area contributed by atoms with Crippen molar-refractivity contribution in [3.05, 3.63) is 12.4 Å². The normalized spacial score (nSPS) is 11.1. The largest absolute Gasteiger partial charge is 0.480 e. The summed E-state index contributed by atoms with van der Waals surface area (Å²) in [6.07, 6.45) is 3.75. The monoisotopic (exact) mass is 254 g/mol. The minimum absolute atomic E-state index is 0.319. The molecule has 0 saturated heterocycles. The van der Waals surface area contributed by atoms with Crippen molar-refractivity contribution in [1.29, 1.82) is 0 Å². The highest BCUT2D eigenvalue weighted by atomic mass is 16.4. The van der Waals surface area contributed by atoms with Gasteiger partial charge in [0.15, 0.2) is 0 Å². The Kier molecular flexibility index (Phi) is 4.30. The smallest absolute Gasteiger partial charge is 0.329 e. The molecule has 1 aromatic heterocycles. The minimum atomic E-state index is -1.23. The first kappa shape index (κ1) is 14.0. The molecular weight excluding hydrogens is 236 g/mol. The molecule has 0 saturated carbocycles. The van der Waals surface area contributed by atoms with Gasteiger partial charge in [0.25, 0.3) is 0 Å². The van der Waals surface area contributed by atoms with Crippen molar-refractivity contribution >= 4 is 17.7 Å². The Hall–Kier alpha value is -2.05. The van der Waals surface area contributed by atoms with E-state index in [9.17, 15) is 14.7 Å². The van der Waals surface area contributed by atoms with Gasteiger partial charge in [-0.1, -0.05) is 13.8 Å². The van der Waals surface area contributed by atoms with E-state index < -0.39 is 17.5 Å². The van der Waals surface area contributed by atoms with Gasteiger partial charge in [0.1, 0.15) is 5.54 Å². The zero-order valence-electron chi connectivity index (χ0n) is 10.7. The van der Waals surface area contributed by atoms with E-state index in [1.54, 1.807) is 31.8 Å². The lowest BCUT2D eigenvalue weighted by Crippen LogP contribution is -2.54. The molecule has 7 nitrogen and oxygen atoms in total. The lowest BCUT2D eigenvalue weighted by molar-refractivity contribution is -0.144. The van der Waals surface area contributed by atoms with Gasteiger partial charge in [0.05, 0.1) is 11.9 Å². The maximum atomic E-state index is 11.7. The van der Waals surface area contributed by atoms with E-state index in [1.807, 2.05) is 0 Å². The SMILES string of the molecule is CCC(CC)(NC(=O)Nc1cnn(C)c1)C(=O)O. The summed E-state index contributed by atoms with van der Waals surface area (Å²) in [7, 11) is 1.72. The van der Waals surface area contributed by atoms with Crippen molar-refractivity contribution in [2.45, 2.75) is 32.2 Å². The second-order valence-electron chi connectivity index (χ2n) is 4.08. The Labute approximate surface area is 105 Å². The number of aliphatic carboxylic acids is 1. The predicted molar refractivity (Wildman–Crippen MR) is 66.3 cm³/mol. The zero-order chi connectivity index (χ0) is 13.8. The maximum absolute atomic E-state index is 11.7. The van der Waals surface area contributed by atoms with E-state index in [1.165, 1.54) is 6.20 Å². The summed E-state index contributed by atoms with van der Waals surface area (Å²) in [5, 5.41) is 18.1. The molecule has 0 aliphatic carbocycles. The number of aryl methyl sites for hydroxylation is 1. The number of hydrogen-bond donors (Lipinski definition) is 3. The van der Waals surface area contributed by atoms with Gasteiger partial charge >= 0.3 is 12.0 Å². The zero-order valence-corrected chi connectivity index (χ0v) is 10.7. The topological polar surface area (TPSA) is 96.3 Å². The molecule has 0 aliphatic rings. The molecule has 0 aliphatic heterocycles. The van der Waals surface area contributed by atoms with Crippen molar-refractivity contribution in [2.75, 3.05) is 5.32 Å². The third kappa shape index (κ3) is 2.99. The lowest BCUT2D eigenvalue weighted by atomic mass is 9.93. The maximum Gasteiger partial charge on any atom is 0.329 e. The van der Waals surface area contributed by atoms with Crippen LogP contribution in [0.1, 0.15) is 26.7 Å². The first-order valence-electron chi connectivity index (χ1n) is 5.74. The second kappa shape index (κ2) is 5.52. The number of carbonyl (C=O) groups excluding carboxylic acids is 1. The van der Waals surface area contributed by atoms with Crippen LogP contribution in [0.5, 0.6) is 0 Å². The fourth-order valence-electron chi connectivity index (χ4n) is 1.65. The number of aromatic nitrogens is 2. The fourth-order valence-corrected chi connectivity index (χ4v) is 1.65. The van der Waals surface area contributed by atoms with Crippen LogP contribution in [0.3, 0.4) is 0 Å². The number of carboxylic acids is 1. The molecule has 0 bridgehead atoms. The summed E-state index contributed by atoms with van der Waals surface area (Å²) >= 11 is 0. The van der Waals surface area contributed by atoms with Crippen molar-refractivity contribution in [3.8, 4) is 0 Å². The van der Waals surface area contributed by atoms with E-state index in [2.05, 4.69) is 15.7 Å². The molecule has 0 fully saturated rings. The van der Waals surface area contributed by atoms with Gasteiger partial charge in [-0.25, -0.2) is 9.59 Å². The molecule has 0 spiro atoms. The number of amides is 2. The molecule has 2 amide bonds. The van der Waals surface area contributed by atoms with Gasteiger partial charge in [-0.05, 0) is 12.8 Å². The summed E-state index contributed by atoms with van der Waals surface area (Å²) in [6.45, 7) is 3.45. The molecule has 1 rings (SSSR count). The van der Waals surface area contributed by atoms with Crippen molar-refractivity contribution < 1.29 is 14.7 Å². The summed E-state index contributed by atoms with van der Waals surface area (Å²) in [6, 6.07) is -0.547. The van der Waals surface area contributed by atoms with Crippen LogP contribution in [0.4, 0.5) is 10.5 Å². The number of nitrogens with zero attached hydrogens (tertiary/aromatic N) is 2. The molecular formula is C11H18N4O3. The summed E-state index contributed by atoms with van der Waals surface area (Å²) in [5.41, 5.74) is -0.715. The molecule has 1 aromatic rings. The van der Waals surface area contributed by atoms with Crippen LogP contribution in [0.25, 0.3) is 0 Å². The number of urea groups is 1. The number of hydrogen-bond acceptors (Lipinski definition) is 3. The molecule has 0 unspecified atom stereocenters. The number of carbonyl (C=O) groups is 2. The minimum Gasteiger partial charge on any atom is -0.480 e. The highest BCUT2D eigenvalue weighted by molar-refractivity contribution is 5.93. The Balaban J connectivity index is 2.70. The van der Waals surface area contributed by atoms with Crippen molar-refractivity contribution in [1.82, 2.24) is 15.1 Å². The van der Waals surface area contributed by atoms with E-state index in [4.69, 9.17) is 0 Å². The Bertz CT molecular complexity index is 437. The lowest BCUT2D eigenvalue weighted by Gasteiger charge is -2.27. The van der Waals surface area contributed by atoms with Crippen LogP contribution in [0, 0.1) is 0 Å². The highest BCUT2D eigenvalue weighted by Crippen LogP contribution is 2.15. The molecule has 18 heavy (non-hydrogen) atoms. The van der Waals surface area contributed by atoms with Gasteiger partial charge in [0.2, 0.25) is 0 Å². The Morgan fingerprint density at radius 3 is 2.44 bits per heavy atom. The quantitative estimate of drug-likeness (QED) is 0.735. The third-order valence-electron chi connectivity index (χ3n) is 2.93. The molecule has 100 valence electrons. The summed E-state index contributed by atoms with van der Waals surface area (Å²) in [4.78, 5) is 23.0. The number of anilines is 1. The van der Waals surface area contributed by atoms with Gasteiger partial charge < -0.3 is 15.7 Å². The molecule has 1 heterocycles. The first-order chi connectivity index (χ1) is 8.43. The average molecular weight is 254 g/mol. The second-order valence-corrected chi connectivity index (χ2v) is 4.08. The fraction of sp³-hybridized carbons (Fsp3) is 0.545. The standard InChI is InChI=1S/C11H18N4O3/c1-4-11(5-2,9(16)17)14-10(18)13-8-6-12-15(3)7-8/h6-7H,4-5H2,1-3H3,(H,16,17)(H2,13,14,18). The van der Waals surface area contributed by atoms with E-state index in [0.717, 1.165) is 0 Å². The Morgan fingerprint density at radius 2 is 2.06 bits per heavy atom. The van der Waals surface area contributed by atoms with Crippen LogP contribution in [-0.4, -0.2) is 32.4 Å². The first-order valence-corrected chi connectivity index (χ1v) is 5.74. The average Bonchev–Trinajstić information content (AvgIpc) is 2.71. The van der Waals surface area contributed by atoms with Crippen LogP contribution in [-0.2, 0) is 11.8 Å². The van der Waals surface area contributed by atoms with Gasteiger partial charge in [-0.15, -0.1) is 0 Å². The van der Waals surface area contributed by atoms with Crippen LogP contribution in [0.15, 0.2) is 12.4 Å². The molecule has 0 atom stereocenters. The Morgan fingerprint density at radius 1 is 1.44 bits per heavy atom. The van der Waals surface area contributed by atoms with Crippen LogP contribution < -0.4 is 10.6 Å². The van der Waals surface area contributed by atoms with Crippen molar-refractivity contribution in [2.24, 2.45) is 7.05 Å². The number of rotatable bonds is 5.